The van der Waals surface area contributed by atoms with E-state index in [4.69, 9.17) is 4.74 Å². The van der Waals surface area contributed by atoms with Gasteiger partial charge < -0.3 is 10.1 Å². The van der Waals surface area contributed by atoms with Crippen molar-refractivity contribution < 1.29 is 9.53 Å². The first-order valence-corrected chi connectivity index (χ1v) is 8.38. The number of hydrogen-bond donors (Lipinski definition) is 1. The van der Waals surface area contributed by atoms with Crippen LogP contribution in [0.15, 0.2) is 42.5 Å². The van der Waals surface area contributed by atoms with Gasteiger partial charge in [0.05, 0.1) is 18.3 Å². The van der Waals surface area contributed by atoms with Crippen LogP contribution in [0.2, 0.25) is 0 Å². The van der Waals surface area contributed by atoms with Crippen molar-refractivity contribution in [1.82, 2.24) is 4.98 Å². The first-order valence-electron chi connectivity index (χ1n) is 8.38. The van der Waals surface area contributed by atoms with Crippen LogP contribution in [0.5, 0.6) is 0 Å². The van der Waals surface area contributed by atoms with E-state index >= 15 is 0 Å². The van der Waals surface area contributed by atoms with Crippen LogP contribution >= 0.6 is 0 Å². The Kier molecular flexibility index (Phi) is 4.70. The van der Waals surface area contributed by atoms with Gasteiger partial charge in [0.15, 0.2) is 5.69 Å². The molecule has 0 fully saturated rings. The van der Waals surface area contributed by atoms with Gasteiger partial charge >= 0.3 is 5.97 Å². The predicted octanol–water partition coefficient (Wildman–Crippen LogP) is 4.94. The molecule has 0 saturated heterocycles. The molecule has 1 N–H and O–H groups in total. The summed E-state index contributed by atoms with van der Waals surface area (Å²) in [6, 6.07) is 14.1. The molecule has 3 aromatic rings. The topological polar surface area (TPSA) is 51.2 Å². The molecular formula is C21H22N2O2. The highest BCUT2D eigenvalue weighted by molar-refractivity contribution is 5.99. The normalized spacial score (nSPS) is 10.7. The summed E-state index contributed by atoms with van der Waals surface area (Å²) in [5, 5.41) is 4.46. The molecule has 3 rings (SSSR count). The van der Waals surface area contributed by atoms with E-state index in [9.17, 15) is 4.79 Å². The number of rotatable bonds is 4. The standard InChI is InChI=1S/C21H22N2O2/c1-5-15-7-9-18-16(11-15)19(12-20(23-18)21(24)25-4)22-17-8-6-13(2)10-14(17)3/h6-12H,5H2,1-4H3,(H,22,23). The Morgan fingerprint density at radius 3 is 2.56 bits per heavy atom. The van der Waals surface area contributed by atoms with Gasteiger partial charge in [0, 0.05) is 11.1 Å². The fraction of sp³-hybridized carbons (Fsp3) is 0.238. The van der Waals surface area contributed by atoms with Crippen LogP contribution in [0.3, 0.4) is 0 Å². The summed E-state index contributed by atoms with van der Waals surface area (Å²) >= 11 is 0. The molecule has 0 unspecified atom stereocenters. The minimum Gasteiger partial charge on any atom is -0.464 e. The molecule has 0 aliphatic carbocycles. The van der Waals surface area contributed by atoms with Crippen LogP contribution in [0.1, 0.15) is 34.1 Å². The van der Waals surface area contributed by atoms with Crippen LogP contribution in [0.25, 0.3) is 10.9 Å². The number of esters is 1. The number of carbonyl (C=O) groups excluding carboxylic acids is 1. The Labute approximate surface area is 147 Å². The molecule has 1 heterocycles. The number of ether oxygens (including phenoxy) is 1. The second-order valence-corrected chi connectivity index (χ2v) is 6.20. The van der Waals surface area contributed by atoms with Crippen LogP contribution in [0.4, 0.5) is 11.4 Å². The number of aromatic nitrogens is 1. The van der Waals surface area contributed by atoms with Crippen molar-refractivity contribution in [1.29, 1.82) is 0 Å². The molecule has 0 amide bonds. The number of nitrogens with one attached hydrogen (secondary N) is 1. The van der Waals surface area contributed by atoms with Gasteiger partial charge in [0.1, 0.15) is 0 Å². The van der Waals surface area contributed by atoms with Gasteiger partial charge in [-0.3, -0.25) is 0 Å². The average molecular weight is 334 g/mol. The van der Waals surface area contributed by atoms with Crippen LogP contribution in [0, 0.1) is 13.8 Å². The van der Waals surface area contributed by atoms with E-state index < -0.39 is 5.97 Å². The molecule has 4 heteroatoms. The molecule has 128 valence electrons. The molecule has 0 bridgehead atoms. The summed E-state index contributed by atoms with van der Waals surface area (Å²) in [6.45, 7) is 6.26. The van der Waals surface area contributed by atoms with Crippen LogP contribution in [-0.2, 0) is 11.2 Å². The zero-order valence-electron chi connectivity index (χ0n) is 15.0. The molecule has 0 atom stereocenters. The smallest absolute Gasteiger partial charge is 0.356 e. The highest BCUT2D eigenvalue weighted by Gasteiger charge is 2.13. The van der Waals surface area contributed by atoms with Crippen molar-refractivity contribution in [2.75, 3.05) is 12.4 Å². The molecule has 25 heavy (non-hydrogen) atoms. The first-order chi connectivity index (χ1) is 12.0. The molecular weight excluding hydrogens is 312 g/mol. The lowest BCUT2D eigenvalue weighted by atomic mass is 10.1. The third-order valence-electron chi connectivity index (χ3n) is 4.33. The average Bonchev–Trinajstić information content (AvgIpc) is 2.62. The summed E-state index contributed by atoms with van der Waals surface area (Å²) in [7, 11) is 1.37. The minimum atomic E-state index is -0.440. The van der Waals surface area contributed by atoms with Gasteiger partial charge in [-0.05, 0) is 55.7 Å². The van der Waals surface area contributed by atoms with E-state index in [2.05, 4.69) is 55.3 Å². The number of pyridine rings is 1. The van der Waals surface area contributed by atoms with E-state index in [-0.39, 0.29) is 0 Å². The number of fused-ring (bicyclic) bond motifs is 1. The van der Waals surface area contributed by atoms with Gasteiger partial charge in [0.25, 0.3) is 0 Å². The van der Waals surface area contributed by atoms with E-state index in [1.165, 1.54) is 18.2 Å². The molecule has 1 aromatic heterocycles. The van der Waals surface area contributed by atoms with Crippen molar-refractivity contribution in [3.8, 4) is 0 Å². The zero-order chi connectivity index (χ0) is 18.0. The summed E-state index contributed by atoms with van der Waals surface area (Å²) in [6.07, 6.45) is 0.942. The van der Waals surface area contributed by atoms with E-state index in [0.29, 0.717) is 5.69 Å². The quantitative estimate of drug-likeness (QED) is 0.686. The van der Waals surface area contributed by atoms with E-state index in [0.717, 1.165) is 34.3 Å². The first kappa shape index (κ1) is 17.0. The maximum absolute atomic E-state index is 12.0. The number of nitrogens with zero attached hydrogens (tertiary/aromatic N) is 1. The Bertz CT molecular complexity index is 948. The summed E-state index contributed by atoms with van der Waals surface area (Å²) in [5.74, 6) is -0.440. The second-order valence-electron chi connectivity index (χ2n) is 6.20. The number of aryl methyl sites for hydroxylation is 3. The Morgan fingerprint density at radius 1 is 1.08 bits per heavy atom. The third kappa shape index (κ3) is 3.48. The van der Waals surface area contributed by atoms with Crippen molar-refractivity contribution in [3.63, 3.8) is 0 Å². The van der Waals surface area contributed by atoms with Gasteiger partial charge in [-0.15, -0.1) is 0 Å². The van der Waals surface area contributed by atoms with Crippen LogP contribution in [-0.4, -0.2) is 18.1 Å². The number of carbonyl (C=O) groups is 1. The SMILES string of the molecule is CCc1ccc2nc(C(=O)OC)cc(Nc3ccc(C)cc3C)c2c1. The van der Waals surface area contributed by atoms with Crippen LogP contribution < -0.4 is 5.32 Å². The highest BCUT2D eigenvalue weighted by Crippen LogP contribution is 2.29. The number of anilines is 2. The summed E-state index contributed by atoms with van der Waals surface area (Å²) in [5.41, 5.74) is 6.52. The fourth-order valence-corrected chi connectivity index (χ4v) is 2.90. The fourth-order valence-electron chi connectivity index (χ4n) is 2.90. The maximum Gasteiger partial charge on any atom is 0.356 e. The highest BCUT2D eigenvalue weighted by atomic mass is 16.5. The van der Waals surface area contributed by atoms with Gasteiger partial charge in [-0.1, -0.05) is 30.7 Å². The van der Waals surface area contributed by atoms with Crippen molar-refractivity contribution in [3.05, 3.63) is 64.8 Å². The van der Waals surface area contributed by atoms with Gasteiger partial charge in [0.2, 0.25) is 0 Å². The minimum absolute atomic E-state index is 0.298. The number of methoxy groups -OCH3 is 1. The second kappa shape index (κ2) is 6.93. The monoisotopic (exact) mass is 334 g/mol. The predicted molar refractivity (Wildman–Crippen MR) is 102 cm³/mol. The maximum atomic E-state index is 12.0. The lowest BCUT2D eigenvalue weighted by Crippen LogP contribution is -2.06. The van der Waals surface area contributed by atoms with E-state index in [1.807, 2.05) is 12.1 Å². The molecule has 0 saturated carbocycles. The Hall–Kier alpha value is -2.88. The molecule has 0 spiro atoms. The number of benzene rings is 2. The molecule has 0 aliphatic rings. The van der Waals surface area contributed by atoms with Crippen molar-refractivity contribution in [2.45, 2.75) is 27.2 Å². The number of hydrogen-bond acceptors (Lipinski definition) is 4. The lowest BCUT2D eigenvalue weighted by Gasteiger charge is -2.14. The zero-order valence-corrected chi connectivity index (χ0v) is 15.0. The molecule has 0 aliphatic heterocycles. The Morgan fingerprint density at radius 2 is 1.88 bits per heavy atom. The summed E-state index contributed by atoms with van der Waals surface area (Å²) in [4.78, 5) is 16.4. The van der Waals surface area contributed by atoms with Crippen molar-refractivity contribution >= 4 is 28.2 Å². The largest absolute Gasteiger partial charge is 0.464 e. The third-order valence-corrected chi connectivity index (χ3v) is 4.33. The van der Waals surface area contributed by atoms with Gasteiger partial charge in [-0.25, -0.2) is 9.78 Å². The Balaban J connectivity index is 2.17. The van der Waals surface area contributed by atoms with E-state index in [1.54, 1.807) is 6.07 Å². The molecule has 0 radical (unpaired) electrons. The van der Waals surface area contributed by atoms with Gasteiger partial charge in [-0.2, -0.15) is 0 Å². The van der Waals surface area contributed by atoms with Crippen molar-refractivity contribution in [2.24, 2.45) is 0 Å². The lowest BCUT2D eigenvalue weighted by molar-refractivity contribution is 0.0594. The molecule has 4 nitrogen and oxygen atoms in total. The molecule has 2 aromatic carbocycles. The summed E-state index contributed by atoms with van der Waals surface area (Å²) < 4.78 is 4.85.